The van der Waals surface area contributed by atoms with Crippen LogP contribution in [-0.2, 0) is 16.5 Å². The molecule has 0 fully saturated rings. The number of carbonyl (C=O) groups is 1. The number of rotatable bonds is 3. The third-order valence-electron chi connectivity index (χ3n) is 2.60. The van der Waals surface area contributed by atoms with Crippen molar-refractivity contribution < 1.29 is 18.0 Å². The molecule has 1 aromatic rings. The molecule has 1 amide bonds. The maximum absolute atomic E-state index is 12.9. The number of carbonyl (C=O) groups excluding carboxylic acids is 1. The fourth-order valence-electron chi connectivity index (χ4n) is 1.81. The van der Waals surface area contributed by atoms with Gasteiger partial charge in [-0.25, -0.2) is 0 Å². The summed E-state index contributed by atoms with van der Waals surface area (Å²) >= 11 is 0. The lowest BCUT2D eigenvalue weighted by Gasteiger charge is -2.29. The monoisotopic (exact) mass is 270 g/mol. The van der Waals surface area contributed by atoms with E-state index in [4.69, 9.17) is 5.26 Å². The molecule has 0 aliphatic heterocycles. The van der Waals surface area contributed by atoms with Crippen LogP contribution in [0.2, 0.25) is 0 Å². The molecule has 0 aliphatic carbocycles. The van der Waals surface area contributed by atoms with E-state index in [1.807, 2.05) is 0 Å². The molecule has 1 N–H and O–H groups in total. The molecule has 0 saturated heterocycles. The van der Waals surface area contributed by atoms with Gasteiger partial charge >= 0.3 is 6.18 Å². The van der Waals surface area contributed by atoms with Crippen molar-refractivity contribution in [3.05, 3.63) is 35.4 Å². The van der Waals surface area contributed by atoms with E-state index in [2.05, 4.69) is 5.32 Å². The summed E-state index contributed by atoms with van der Waals surface area (Å²) < 4.78 is 38.7. The smallest absolute Gasteiger partial charge is 0.346 e. The average Bonchev–Trinajstić information content (AvgIpc) is 2.27. The van der Waals surface area contributed by atoms with E-state index in [0.29, 0.717) is 0 Å². The number of benzene rings is 1. The lowest BCUT2D eigenvalue weighted by Crippen LogP contribution is -2.42. The van der Waals surface area contributed by atoms with Gasteiger partial charge in [-0.05, 0) is 25.5 Å². The quantitative estimate of drug-likeness (QED) is 0.918. The molecule has 3 nitrogen and oxygen atoms in total. The second-order valence-electron chi connectivity index (χ2n) is 4.55. The highest BCUT2D eigenvalue weighted by Gasteiger charge is 2.37. The first kappa shape index (κ1) is 15.0. The predicted molar refractivity (Wildman–Crippen MR) is 62.8 cm³/mol. The Morgan fingerprint density at radius 1 is 1.26 bits per heavy atom. The predicted octanol–water partition coefficient (Wildman–Crippen LogP) is 2.97. The molecule has 0 saturated carbocycles. The van der Waals surface area contributed by atoms with Crippen LogP contribution >= 0.6 is 0 Å². The van der Waals surface area contributed by atoms with Crippen LogP contribution in [0.4, 0.5) is 13.2 Å². The molecule has 1 rings (SSSR count). The maximum Gasteiger partial charge on any atom is 0.416 e. The van der Waals surface area contributed by atoms with Crippen molar-refractivity contribution in [1.82, 2.24) is 5.32 Å². The highest BCUT2D eigenvalue weighted by molar-refractivity contribution is 5.79. The van der Waals surface area contributed by atoms with Gasteiger partial charge in [-0.15, -0.1) is 0 Å². The Morgan fingerprint density at radius 2 is 1.79 bits per heavy atom. The van der Waals surface area contributed by atoms with Gasteiger partial charge in [0.1, 0.15) is 6.42 Å². The van der Waals surface area contributed by atoms with Gasteiger partial charge in [-0.1, -0.05) is 18.2 Å². The van der Waals surface area contributed by atoms with Crippen molar-refractivity contribution in [2.45, 2.75) is 32.0 Å². The largest absolute Gasteiger partial charge is 0.416 e. The zero-order valence-corrected chi connectivity index (χ0v) is 10.5. The number of nitrogens with one attached hydrogen (secondary N) is 1. The Kier molecular flexibility index (Phi) is 4.20. The molecule has 6 heteroatoms. The molecule has 102 valence electrons. The Labute approximate surface area is 109 Å². The van der Waals surface area contributed by atoms with Gasteiger partial charge in [0.25, 0.3) is 0 Å². The zero-order chi connectivity index (χ0) is 14.7. The van der Waals surface area contributed by atoms with E-state index in [0.717, 1.165) is 6.07 Å². The van der Waals surface area contributed by atoms with Crippen molar-refractivity contribution >= 4 is 5.91 Å². The lowest BCUT2D eigenvalue weighted by atomic mass is 9.89. The van der Waals surface area contributed by atoms with Crippen molar-refractivity contribution in [3.8, 4) is 6.07 Å². The fourth-order valence-corrected chi connectivity index (χ4v) is 1.81. The van der Waals surface area contributed by atoms with E-state index < -0.39 is 29.6 Å². The Hall–Kier alpha value is -2.03. The third kappa shape index (κ3) is 3.71. The molecule has 0 aliphatic rings. The number of halogens is 3. The van der Waals surface area contributed by atoms with Crippen LogP contribution in [0.1, 0.15) is 31.4 Å². The Bertz CT molecular complexity index is 515. The molecule has 0 radical (unpaired) electrons. The number of alkyl halides is 3. The van der Waals surface area contributed by atoms with Crippen LogP contribution in [0.5, 0.6) is 0 Å². The molecule has 0 spiro atoms. The molecular formula is C13H13F3N2O. The molecule has 0 unspecified atom stereocenters. The number of hydrogen-bond acceptors (Lipinski definition) is 2. The lowest BCUT2D eigenvalue weighted by molar-refractivity contribution is -0.139. The van der Waals surface area contributed by atoms with Gasteiger partial charge in [0.2, 0.25) is 5.91 Å². The summed E-state index contributed by atoms with van der Waals surface area (Å²) in [5.74, 6) is -0.607. The summed E-state index contributed by atoms with van der Waals surface area (Å²) in [5, 5.41) is 10.8. The van der Waals surface area contributed by atoms with Gasteiger partial charge < -0.3 is 5.32 Å². The Morgan fingerprint density at radius 3 is 2.26 bits per heavy atom. The SMILES string of the molecule is CC(C)(NC(=O)CC#N)c1ccccc1C(F)(F)F. The van der Waals surface area contributed by atoms with Crippen LogP contribution in [-0.4, -0.2) is 5.91 Å². The zero-order valence-electron chi connectivity index (χ0n) is 10.5. The van der Waals surface area contributed by atoms with Gasteiger partial charge in [0.05, 0.1) is 17.2 Å². The molecule has 0 aromatic heterocycles. The van der Waals surface area contributed by atoms with E-state index in [-0.39, 0.29) is 5.56 Å². The minimum Gasteiger partial charge on any atom is -0.346 e. The van der Waals surface area contributed by atoms with Gasteiger partial charge in [0.15, 0.2) is 0 Å². The van der Waals surface area contributed by atoms with Crippen LogP contribution in [0.3, 0.4) is 0 Å². The second kappa shape index (κ2) is 5.31. The highest BCUT2D eigenvalue weighted by atomic mass is 19.4. The number of amides is 1. The minimum absolute atomic E-state index is 0.0335. The topological polar surface area (TPSA) is 52.9 Å². The number of nitriles is 1. The third-order valence-corrected chi connectivity index (χ3v) is 2.60. The standard InChI is InChI=1S/C13H13F3N2O/c1-12(2,18-11(19)7-8-17)9-5-3-4-6-10(9)13(14,15)16/h3-6H,7H2,1-2H3,(H,18,19). The summed E-state index contributed by atoms with van der Waals surface area (Å²) in [5.41, 5.74) is -2.04. The molecule has 0 atom stereocenters. The van der Waals surface area contributed by atoms with Crippen molar-refractivity contribution in [2.75, 3.05) is 0 Å². The molecular weight excluding hydrogens is 257 g/mol. The number of hydrogen-bond donors (Lipinski definition) is 1. The van der Waals surface area contributed by atoms with Crippen LogP contribution in [0.15, 0.2) is 24.3 Å². The second-order valence-corrected chi connectivity index (χ2v) is 4.55. The van der Waals surface area contributed by atoms with Crippen molar-refractivity contribution in [3.63, 3.8) is 0 Å². The summed E-state index contributed by atoms with van der Waals surface area (Å²) in [6.07, 6.45) is -4.88. The fraction of sp³-hybridized carbons (Fsp3) is 0.385. The normalized spacial score (nSPS) is 11.8. The molecule has 1 aromatic carbocycles. The first-order chi connectivity index (χ1) is 8.68. The summed E-state index contributed by atoms with van der Waals surface area (Å²) in [6.45, 7) is 2.93. The van der Waals surface area contributed by atoms with Gasteiger partial charge in [-0.2, -0.15) is 18.4 Å². The van der Waals surface area contributed by atoms with Crippen LogP contribution < -0.4 is 5.32 Å². The minimum atomic E-state index is -4.49. The van der Waals surface area contributed by atoms with E-state index >= 15 is 0 Å². The Balaban J connectivity index is 3.15. The van der Waals surface area contributed by atoms with Crippen molar-refractivity contribution in [1.29, 1.82) is 5.26 Å². The van der Waals surface area contributed by atoms with E-state index in [9.17, 15) is 18.0 Å². The van der Waals surface area contributed by atoms with Crippen molar-refractivity contribution in [2.24, 2.45) is 0 Å². The summed E-state index contributed by atoms with van der Waals surface area (Å²) in [6, 6.07) is 6.70. The maximum atomic E-state index is 12.9. The van der Waals surface area contributed by atoms with Crippen LogP contribution in [0.25, 0.3) is 0 Å². The van der Waals surface area contributed by atoms with Gasteiger partial charge in [0, 0.05) is 0 Å². The number of nitrogens with zero attached hydrogens (tertiary/aromatic N) is 1. The molecule has 0 heterocycles. The molecule has 19 heavy (non-hydrogen) atoms. The summed E-state index contributed by atoms with van der Waals surface area (Å²) in [7, 11) is 0. The van der Waals surface area contributed by atoms with E-state index in [1.54, 1.807) is 6.07 Å². The summed E-state index contributed by atoms with van der Waals surface area (Å²) in [4.78, 5) is 11.4. The van der Waals surface area contributed by atoms with E-state index in [1.165, 1.54) is 32.0 Å². The first-order valence-electron chi connectivity index (χ1n) is 5.53. The van der Waals surface area contributed by atoms with Crippen LogP contribution in [0, 0.1) is 11.3 Å². The first-order valence-corrected chi connectivity index (χ1v) is 5.53. The van der Waals surface area contributed by atoms with Gasteiger partial charge in [-0.3, -0.25) is 4.79 Å². The average molecular weight is 270 g/mol. The highest BCUT2D eigenvalue weighted by Crippen LogP contribution is 2.36. The molecule has 0 bridgehead atoms.